The van der Waals surface area contributed by atoms with E-state index in [2.05, 4.69) is 4.74 Å². The summed E-state index contributed by atoms with van der Waals surface area (Å²) in [4.78, 5) is 21.7. The second-order valence-electron chi connectivity index (χ2n) is 2.34. The van der Waals surface area contributed by atoms with Crippen molar-refractivity contribution in [2.75, 3.05) is 0 Å². The summed E-state index contributed by atoms with van der Waals surface area (Å²) in [6, 6.07) is 5.68. The van der Waals surface area contributed by atoms with Crippen molar-refractivity contribution >= 4 is 12.1 Å². The van der Waals surface area contributed by atoms with E-state index in [1.807, 2.05) is 0 Å². The predicted molar refractivity (Wildman–Crippen MR) is 46.2 cm³/mol. The molecular formula is C8H8N2O4. The van der Waals surface area contributed by atoms with Gasteiger partial charge in [0.05, 0.1) is 0 Å². The lowest BCUT2D eigenvalue weighted by Gasteiger charge is -2.02. The second kappa shape index (κ2) is 4.24. The summed E-state index contributed by atoms with van der Waals surface area (Å²) in [5.74, 6) is 3.47. The third-order valence-electron chi connectivity index (χ3n) is 1.43. The number of amides is 1. The van der Waals surface area contributed by atoms with Crippen LogP contribution in [0, 0.1) is 0 Å². The number of carbonyl (C=O) groups excluding carboxylic acids is 2. The number of nitrogens with one attached hydrogen (secondary N) is 1. The molecule has 74 valence electrons. The van der Waals surface area contributed by atoms with Crippen molar-refractivity contribution < 1.29 is 19.4 Å². The van der Waals surface area contributed by atoms with Crippen molar-refractivity contribution in [3.8, 4) is 5.75 Å². The van der Waals surface area contributed by atoms with Crippen LogP contribution in [0.1, 0.15) is 10.4 Å². The lowest BCUT2D eigenvalue weighted by Crippen LogP contribution is -2.32. The molecule has 1 aromatic rings. The van der Waals surface area contributed by atoms with Gasteiger partial charge >= 0.3 is 12.1 Å². The Kier molecular flexibility index (Phi) is 3.03. The van der Waals surface area contributed by atoms with Crippen LogP contribution in [0.25, 0.3) is 0 Å². The van der Waals surface area contributed by atoms with E-state index in [4.69, 9.17) is 5.84 Å². The zero-order chi connectivity index (χ0) is 10.6. The summed E-state index contributed by atoms with van der Waals surface area (Å²) in [6.07, 6.45) is -1.08. The minimum atomic E-state index is -1.08. The third kappa shape index (κ3) is 2.20. The zero-order valence-corrected chi connectivity index (χ0v) is 7.06. The molecule has 6 nitrogen and oxygen atoms in total. The van der Waals surface area contributed by atoms with Gasteiger partial charge in [-0.15, -0.1) is 0 Å². The highest BCUT2D eigenvalue weighted by Crippen LogP contribution is 2.16. The maximum absolute atomic E-state index is 11.1. The van der Waals surface area contributed by atoms with Crippen molar-refractivity contribution in [1.29, 1.82) is 0 Å². The van der Waals surface area contributed by atoms with Crippen LogP contribution < -0.4 is 11.3 Å². The van der Waals surface area contributed by atoms with Crippen molar-refractivity contribution in [2.45, 2.75) is 0 Å². The molecular weight excluding hydrogens is 188 g/mol. The first-order valence-electron chi connectivity index (χ1n) is 3.66. The molecule has 0 aliphatic heterocycles. The molecule has 0 atom stereocenters. The van der Waals surface area contributed by atoms with Gasteiger partial charge in [0.2, 0.25) is 0 Å². The molecule has 0 fully saturated rings. The molecule has 0 aliphatic rings. The zero-order valence-electron chi connectivity index (χ0n) is 7.06. The van der Waals surface area contributed by atoms with Crippen LogP contribution in [0.3, 0.4) is 0 Å². The molecule has 1 rings (SSSR count). The van der Waals surface area contributed by atoms with Crippen LogP contribution in [0.15, 0.2) is 24.3 Å². The summed E-state index contributed by atoms with van der Waals surface area (Å²) in [7, 11) is 0. The molecule has 0 aliphatic carbocycles. The fourth-order valence-corrected chi connectivity index (χ4v) is 0.815. The number of esters is 1. The summed E-state index contributed by atoms with van der Waals surface area (Å²) in [5.41, 5.74) is 1.52. The van der Waals surface area contributed by atoms with Crippen LogP contribution in [-0.4, -0.2) is 17.2 Å². The molecule has 4 N–H and O–H groups in total. The van der Waals surface area contributed by atoms with Gasteiger partial charge in [0.15, 0.2) is 0 Å². The summed E-state index contributed by atoms with van der Waals surface area (Å²) in [6.45, 7) is 0. The largest absolute Gasteiger partial charge is 0.507 e. The number of hydrazine groups is 1. The molecule has 14 heavy (non-hydrogen) atoms. The number of para-hydroxylation sites is 1. The molecule has 1 amide bonds. The number of ether oxygens (including phenoxy) is 1. The van der Waals surface area contributed by atoms with Crippen LogP contribution in [0.4, 0.5) is 4.79 Å². The molecule has 1 aromatic carbocycles. The molecule has 0 saturated heterocycles. The number of aromatic hydroxyl groups is 1. The number of rotatable bonds is 1. The minimum Gasteiger partial charge on any atom is -0.507 e. The van der Waals surface area contributed by atoms with Gasteiger partial charge in [0.1, 0.15) is 11.3 Å². The quantitative estimate of drug-likeness (QED) is 0.195. The number of benzene rings is 1. The monoisotopic (exact) mass is 196 g/mol. The summed E-state index contributed by atoms with van der Waals surface area (Å²) in [5, 5.41) is 9.20. The van der Waals surface area contributed by atoms with Crippen LogP contribution >= 0.6 is 0 Å². The van der Waals surface area contributed by atoms with E-state index in [-0.39, 0.29) is 11.3 Å². The Morgan fingerprint density at radius 1 is 1.36 bits per heavy atom. The van der Waals surface area contributed by atoms with E-state index in [0.29, 0.717) is 0 Å². The van der Waals surface area contributed by atoms with Gasteiger partial charge < -0.3 is 9.84 Å². The molecule has 0 heterocycles. The molecule has 0 spiro atoms. The topological polar surface area (TPSA) is 102 Å². The Morgan fingerprint density at radius 3 is 2.57 bits per heavy atom. The average molecular weight is 196 g/mol. The lowest BCUT2D eigenvalue weighted by atomic mass is 10.2. The van der Waals surface area contributed by atoms with Gasteiger partial charge in [-0.2, -0.15) is 0 Å². The van der Waals surface area contributed by atoms with Crippen molar-refractivity contribution in [1.82, 2.24) is 5.43 Å². The maximum Gasteiger partial charge on any atom is 0.429 e. The van der Waals surface area contributed by atoms with Crippen molar-refractivity contribution in [2.24, 2.45) is 5.84 Å². The van der Waals surface area contributed by atoms with Crippen LogP contribution in [0.5, 0.6) is 5.75 Å². The van der Waals surface area contributed by atoms with E-state index < -0.39 is 12.1 Å². The molecule has 0 bridgehead atoms. The van der Waals surface area contributed by atoms with E-state index in [9.17, 15) is 14.7 Å². The molecule has 0 radical (unpaired) electrons. The Labute approximate surface area is 79.3 Å². The first kappa shape index (κ1) is 10.0. The van der Waals surface area contributed by atoms with Gasteiger partial charge in [-0.25, -0.2) is 15.4 Å². The molecule has 0 saturated carbocycles. The Bertz CT molecular complexity index is 364. The third-order valence-corrected chi connectivity index (χ3v) is 1.43. The maximum atomic E-state index is 11.1. The fourth-order valence-electron chi connectivity index (χ4n) is 0.815. The van der Waals surface area contributed by atoms with Crippen molar-refractivity contribution in [3.63, 3.8) is 0 Å². The highest BCUT2D eigenvalue weighted by atomic mass is 16.6. The average Bonchev–Trinajstić information content (AvgIpc) is 2.18. The number of nitrogens with two attached hydrogens (primary N) is 1. The highest BCUT2D eigenvalue weighted by molar-refractivity contribution is 5.98. The van der Waals surface area contributed by atoms with Gasteiger partial charge in [-0.1, -0.05) is 12.1 Å². The number of carbonyl (C=O) groups is 2. The molecule has 0 unspecified atom stereocenters. The van der Waals surface area contributed by atoms with E-state index in [1.54, 1.807) is 5.43 Å². The lowest BCUT2D eigenvalue weighted by molar-refractivity contribution is 0.0619. The Morgan fingerprint density at radius 2 is 2.00 bits per heavy atom. The van der Waals surface area contributed by atoms with Gasteiger partial charge in [-0.3, -0.25) is 5.43 Å². The Balaban J connectivity index is 2.80. The van der Waals surface area contributed by atoms with E-state index in [1.165, 1.54) is 24.3 Å². The summed E-state index contributed by atoms with van der Waals surface area (Å²) < 4.78 is 4.19. The predicted octanol–water partition coefficient (Wildman–Crippen LogP) is 0.132. The minimum absolute atomic E-state index is 0.101. The SMILES string of the molecule is NNC(=O)OC(=O)c1ccccc1O. The van der Waals surface area contributed by atoms with Gasteiger partial charge in [-0.05, 0) is 12.1 Å². The number of phenols is 1. The summed E-state index contributed by atoms with van der Waals surface area (Å²) >= 11 is 0. The van der Waals surface area contributed by atoms with E-state index >= 15 is 0 Å². The number of hydrogen-bond acceptors (Lipinski definition) is 5. The fraction of sp³-hybridized carbons (Fsp3) is 0. The smallest absolute Gasteiger partial charge is 0.429 e. The van der Waals surface area contributed by atoms with E-state index in [0.717, 1.165) is 0 Å². The van der Waals surface area contributed by atoms with Crippen LogP contribution in [-0.2, 0) is 4.74 Å². The molecule has 0 aromatic heterocycles. The first-order valence-corrected chi connectivity index (χ1v) is 3.66. The molecule has 6 heteroatoms. The first-order chi connectivity index (χ1) is 6.65. The van der Waals surface area contributed by atoms with Crippen molar-refractivity contribution in [3.05, 3.63) is 29.8 Å². The van der Waals surface area contributed by atoms with Gasteiger partial charge in [0, 0.05) is 0 Å². The van der Waals surface area contributed by atoms with Gasteiger partial charge in [0.25, 0.3) is 0 Å². The Hall–Kier alpha value is -2.08. The number of phenolic OH excluding ortho intramolecular Hbond substituents is 1. The number of hydrogen-bond donors (Lipinski definition) is 3. The standard InChI is InChI=1S/C8H8N2O4/c9-10-8(13)14-7(12)5-3-1-2-4-6(5)11/h1-4,11H,9H2,(H,10,13). The normalized spacial score (nSPS) is 9.21. The highest BCUT2D eigenvalue weighted by Gasteiger charge is 2.14. The second-order valence-corrected chi connectivity index (χ2v) is 2.34. The van der Waals surface area contributed by atoms with Crippen LogP contribution in [0.2, 0.25) is 0 Å².